The predicted molar refractivity (Wildman–Crippen MR) is 78.2 cm³/mol. The molecule has 20 heavy (non-hydrogen) atoms. The number of methoxy groups -OCH3 is 1. The molecule has 5 heteroatoms. The van der Waals surface area contributed by atoms with Crippen LogP contribution in [0.25, 0.3) is 11.5 Å². The zero-order valence-electron chi connectivity index (χ0n) is 12.4. The molecule has 0 amide bonds. The highest BCUT2D eigenvalue weighted by molar-refractivity contribution is 5.71. The van der Waals surface area contributed by atoms with Gasteiger partial charge in [-0.1, -0.05) is 30.6 Å². The number of benzene rings is 1. The number of nitrogens with zero attached hydrogens (tertiary/aromatic N) is 2. The van der Waals surface area contributed by atoms with Crippen molar-refractivity contribution in [2.45, 2.75) is 39.2 Å². The maximum absolute atomic E-state index is 5.98. The van der Waals surface area contributed by atoms with E-state index < -0.39 is 5.60 Å². The van der Waals surface area contributed by atoms with E-state index in [1.807, 2.05) is 39.0 Å². The largest absolute Gasteiger partial charge is 0.398 e. The lowest BCUT2D eigenvalue weighted by atomic mass is 9.96. The average molecular weight is 275 g/mol. The Morgan fingerprint density at radius 3 is 2.60 bits per heavy atom. The third-order valence-corrected chi connectivity index (χ3v) is 3.81. The van der Waals surface area contributed by atoms with Crippen LogP contribution in [0.5, 0.6) is 0 Å². The molecule has 0 unspecified atom stereocenters. The first-order valence-electron chi connectivity index (χ1n) is 6.82. The summed E-state index contributed by atoms with van der Waals surface area (Å²) in [4.78, 5) is 4.48. The van der Waals surface area contributed by atoms with Gasteiger partial charge < -0.3 is 15.0 Å². The van der Waals surface area contributed by atoms with Crippen molar-refractivity contribution in [2.75, 3.05) is 12.8 Å². The number of hydrogen-bond acceptors (Lipinski definition) is 5. The van der Waals surface area contributed by atoms with Gasteiger partial charge in [-0.2, -0.15) is 4.98 Å². The van der Waals surface area contributed by atoms with Crippen LogP contribution in [0.15, 0.2) is 22.7 Å². The fraction of sp³-hybridized carbons (Fsp3) is 0.467. The van der Waals surface area contributed by atoms with Crippen LogP contribution in [0.1, 0.15) is 38.1 Å². The quantitative estimate of drug-likeness (QED) is 0.847. The molecule has 5 nitrogen and oxygen atoms in total. The van der Waals surface area contributed by atoms with Gasteiger partial charge >= 0.3 is 0 Å². The minimum atomic E-state index is -0.500. The monoisotopic (exact) mass is 275 g/mol. The highest BCUT2D eigenvalue weighted by atomic mass is 16.5. The van der Waals surface area contributed by atoms with Crippen LogP contribution in [0.2, 0.25) is 0 Å². The molecular formula is C15H21N3O2. The number of anilines is 1. The molecule has 2 rings (SSSR count). The number of ether oxygens (including phenoxy) is 1. The Balaban J connectivity index is 2.45. The second kappa shape index (κ2) is 5.63. The Bertz CT molecular complexity index is 580. The molecule has 0 saturated carbocycles. The molecule has 0 aliphatic heterocycles. The predicted octanol–water partition coefficient (Wildman–Crippen LogP) is 3.29. The first-order valence-corrected chi connectivity index (χ1v) is 6.82. The van der Waals surface area contributed by atoms with Crippen molar-refractivity contribution in [2.24, 2.45) is 0 Å². The number of aromatic nitrogens is 2. The van der Waals surface area contributed by atoms with Gasteiger partial charge in [0.15, 0.2) is 0 Å². The Labute approximate surface area is 119 Å². The second-order valence-electron chi connectivity index (χ2n) is 4.92. The topological polar surface area (TPSA) is 74.2 Å². The van der Waals surface area contributed by atoms with Crippen molar-refractivity contribution >= 4 is 5.69 Å². The number of nitrogens with two attached hydrogens (primary N) is 1. The van der Waals surface area contributed by atoms with Crippen molar-refractivity contribution in [3.63, 3.8) is 0 Å². The maximum atomic E-state index is 5.98. The summed E-state index contributed by atoms with van der Waals surface area (Å²) in [6, 6.07) is 5.74. The lowest BCUT2D eigenvalue weighted by molar-refractivity contribution is -0.0306. The van der Waals surface area contributed by atoms with Gasteiger partial charge in [0.1, 0.15) is 5.60 Å². The summed E-state index contributed by atoms with van der Waals surface area (Å²) in [7, 11) is 1.67. The molecule has 0 spiro atoms. The average Bonchev–Trinajstić information content (AvgIpc) is 2.94. The number of aryl methyl sites for hydroxylation is 1. The number of hydrogen-bond donors (Lipinski definition) is 1. The zero-order valence-corrected chi connectivity index (χ0v) is 12.4. The van der Waals surface area contributed by atoms with Crippen LogP contribution in [-0.2, 0) is 10.3 Å². The molecule has 0 aliphatic carbocycles. The van der Waals surface area contributed by atoms with Gasteiger partial charge in [0.05, 0.1) is 5.56 Å². The lowest BCUT2D eigenvalue weighted by Gasteiger charge is -2.25. The van der Waals surface area contributed by atoms with Gasteiger partial charge in [0.2, 0.25) is 5.82 Å². The molecule has 1 aromatic carbocycles. The third-order valence-electron chi connectivity index (χ3n) is 3.81. The van der Waals surface area contributed by atoms with Crippen molar-refractivity contribution in [1.29, 1.82) is 0 Å². The van der Waals surface area contributed by atoms with E-state index in [-0.39, 0.29) is 0 Å². The van der Waals surface area contributed by atoms with Gasteiger partial charge in [-0.25, -0.2) is 0 Å². The van der Waals surface area contributed by atoms with Crippen LogP contribution in [-0.4, -0.2) is 17.3 Å². The van der Waals surface area contributed by atoms with Crippen molar-refractivity contribution < 1.29 is 9.26 Å². The van der Waals surface area contributed by atoms with Gasteiger partial charge in [-0.05, 0) is 31.9 Å². The van der Waals surface area contributed by atoms with Gasteiger partial charge in [-0.15, -0.1) is 0 Å². The molecule has 2 N–H and O–H groups in total. The molecule has 0 saturated heterocycles. The van der Waals surface area contributed by atoms with Crippen LogP contribution in [0, 0.1) is 6.92 Å². The molecule has 0 atom stereocenters. The van der Waals surface area contributed by atoms with Crippen LogP contribution in [0.3, 0.4) is 0 Å². The summed E-state index contributed by atoms with van der Waals surface area (Å²) in [5.74, 6) is 1.01. The van der Waals surface area contributed by atoms with E-state index in [1.165, 1.54) is 0 Å². The normalized spacial score (nSPS) is 11.8. The second-order valence-corrected chi connectivity index (χ2v) is 4.92. The van der Waals surface area contributed by atoms with E-state index >= 15 is 0 Å². The summed E-state index contributed by atoms with van der Waals surface area (Å²) in [6.07, 6.45) is 1.56. The third kappa shape index (κ3) is 2.41. The molecule has 0 fully saturated rings. The summed E-state index contributed by atoms with van der Waals surface area (Å²) < 4.78 is 11.0. The minimum Gasteiger partial charge on any atom is -0.398 e. The van der Waals surface area contributed by atoms with E-state index in [0.29, 0.717) is 17.4 Å². The minimum absolute atomic E-state index is 0.435. The summed E-state index contributed by atoms with van der Waals surface area (Å²) in [5, 5.41) is 4.08. The Morgan fingerprint density at radius 1 is 1.30 bits per heavy atom. The molecular weight excluding hydrogens is 254 g/mol. The van der Waals surface area contributed by atoms with Crippen molar-refractivity contribution in [3.05, 3.63) is 29.6 Å². The summed E-state index contributed by atoms with van der Waals surface area (Å²) >= 11 is 0. The molecule has 0 radical (unpaired) electrons. The van der Waals surface area contributed by atoms with E-state index in [1.54, 1.807) is 7.11 Å². The molecule has 1 heterocycles. The summed E-state index contributed by atoms with van der Waals surface area (Å²) in [5.41, 5.74) is 7.97. The van der Waals surface area contributed by atoms with E-state index in [0.717, 1.165) is 24.0 Å². The first-order chi connectivity index (χ1) is 9.56. The van der Waals surface area contributed by atoms with Crippen LogP contribution in [0.4, 0.5) is 5.69 Å². The molecule has 108 valence electrons. The van der Waals surface area contributed by atoms with Gasteiger partial charge in [0, 0.05) is 12.8 Å². The molecule has 0 bridgehead atoms. The SMILES string of the molecule is CCC(CC)(OC)c1noc(-c2cc(C)ccc2N)n1. The standard InChI is InChI=1S/C15H21N3O2/c1-5-15(6-2,19-4)14-17-13(20-18-14)11-9-10(3)7-8-12(11)16/h7-9H,5-6,16H2,1-4H3. The Morgan fingerprint density at radius 2 is 2.00 bits per heavy atom. The van der Waals surface area contributed by atoms with Crippen molar-refractivity contribution in [1.82, 2.24) is 10.1 Å². The summed E-state index contributed by atoms with van der Waals surface area (Å²) in [6.45, 7) is 6.09. The van der Waals surface area contributed by atoms with Crippen LogP contribution >= 0.6 is 0 Å². The fourth-order valence-corrected chi connectivity index (χ4v) is 2.32. The Hall–Kier alpha value is -1.88. The maximum Gasteiger partial charge on any atom is 0.260 e. The number of rotatable bonds is 5. The van der Waals surface area contributed by atoms with Crippen LogP contribution < -0.4 is 5.73 Å². The first kappa shape index (κ1) is 14.5. The molecule has 1 aromatic heterocycles. The smallest absolute Gasteiger partial charge is 0.260 e. The molecule has 0 aliphatic rings. The molecule has 2 aromatic rings. The van der Waals surface area contributed by atoms with E-state index in [2.05, 4.69) is 10.1 Å². The van der Waals surface area contributed by atoms with Gasteiger partial charge in [-0.3, -0.25) is 0 Å². The highest BCUT2D eigenvalue weighted by Crippen LogP contribution is 2.33. The van der Waals surface area contributed by atoms with E-state index in [9.17, 15) is 0 Å². The Kier molecular flexibility index (Phi) is 4.09. The fourth-order valence-electron chi connectivity index (χ4n) is 2.32. The lowest BCUT2D eigenvalue weighted by Crippen LogP contribution is -2.28. The van der Waals surface area contributed by atoms with Crippen molar-refractivity contribution in [3.8, 4) is 11.5 Å². The van der Waals surface area contributed by atoms with E-state index in [4.69, 9.17) is 15.0 Å². The highest BCUT2D eigenvalue weighted by Gasteiger charge is 2.34. The number of nitrogen functional groups attached to an aromatic ring is 1. The van der Waals surface area contributed by atoms with Gasteiger partial charge in [0.25, 0.3) is 5.89 Å². The zero-order chi connectivity index (χ0) is 14.8.